The van der Waals surface area contributed by atoms with Crippen molar-refractivity contribution in [3.63, 3.8) is 0 Å². The van der Waals surface area contributed by atoms with Gasteiger partial charge in [-0.15, -0.1) is 0 Å². The summed E-state index contributed by atoms with van der Waals surface area (Å²) in [4.78, 5) is 26.3. The minimum Gasteiger partial charge on any atom is -0.312 e. The van der Waals surface area contributed by atoms with Crippen LogP contribution in [0.25, 0.3) is 17.0 Å². The Morgan fingerprint density at radius 3 is 2.69 bits per heavy atom. The zero-order valence-electron chi connectivity index (χ0n) is 17.9. The van der Waals surface area contributed by atoms with Crippen LogP contribution in [0.5, 0.6) is 0 Å². The van der Waals surface area contributed by atoms with E-state index in [-0.39, 0.29) is 35.1 Å². The average molecular weight is 525 g/mol. The summed E-state index contributed by atoms with van der Waals surface area (Å²) in [7, 11) is 0. The minimum atomic E-state index is -4.56. The van der Waals surface area contributed by atoms with Crippen LogP contribution in [0.15, 0.2) is 47.5 Å². The number of nitrogens with one attached hydrogen (secondary N) is 1. The van der Waals surface area contributed by atoms with E-state index in [1.807, 2.05) is 0 Å². The van der Waals surface area contributed by atoms with Gasteiger partial charge in [0.05, 0.1) is 34.8 Å². The molecule has 3 aromatic rings. The number of thioether (sulfide) groups is 1. The molecule has 2 aliphatic heterocycles. The molecule has 2 aromatic carbocycles. The van der Waals surface area contributed by atoms with E-state index in [1.54, 1.807) is 18.2 Å². The summed E-state index contributed by atoms with van der Waals surface area (Å²) in [5.74, 6) is -0.547. The molecule has 2 atom stereocenters. The van der Waals surface area contributed by atoms with Crippen molar-refractivity contribution in [1.82, 2.24) is 20.0 Å². The van der Waals surface area contributed by atoms with Crippen molar-refractivity contribution in [3.05, 3.63) is 69.2 Å². The fourth-order valence-electron chi connectivity index (χ4n) is 4.24. The molecule has 2 amide bonds. The van der Waals surface area contributed by atoms with Crippen LogP contribution in [0.2, 0.25) is 5.02 Å². The number of hydrogen-bond donors (Lipinski definition) is 1. The number of halogens is 5. The molecule has 0 saturated carbocycles. The fraction of sp³-hybridized carbons (Fsp3) is 0.261. The largest absolute Gasteiger partial charge is 0.416 e. The van der Waals surface area contributed by atoms with Gasteiger partial charge in [0.25, 0.3) is 11.1 Å². The number of aromatic nitrogens is 2. The molecule has 2 saturated heterocycles. The topological polar surface area (TPSA) is 67.2 Å². The van der Waals surface area contributed by atoms with Crippen molar-refractivity contribution in [2.24, 2.45) is 0 Å². The third-order valence-electron chi connectivity index (χ3n) is 5.93. The highest BCUT2D eigenvalue weighted by Gasteiger charge is 2.44. The number of benzene rings is 2. The van der Waals surface area contributed by atoms with E-state index in [4.69, 9.17) is 11.6 Å². The maximum atomic E-state index is 14.1. The number of hydrogen-bond acceptors (Lipinski definition) is 5. The van der Waals surface area contributed by atoms with Gasteiger partial charge in [-0.25, -0.2) is 4.39 Å². The van der Waals surface area contributed by atoms with Crippen molar-refractivity contribution < 1.29 is 27.2 Å². The molecule has 12 heteroatoms. The van der Waals surface area contributed by atoms with E-state index >= 15 is 0 Å². The maximum absolute atomic E-state index is 14.1. The monoisotopic (exact) mass is 524 g/mol. The van der Waals surface area contributed by atoms with Gasteiger partial charge in [0.15, 0.2) is 0 Å². The maximum Gasteiger partial charge on any atom is 0.416 e. The molecule has 2 aliphatic rings. The van der Waals surface area contributed by atoms with Gasteiger partial charge in [-0.2, -0.15) is 18.3 Å². The quantitative estimate of drug-likeness (QED) is 0.380. The molecule has 182 valence electrons. The van der Waals surface area contributed by atoms with Gasteiger partial charge in [0.2, 0.25) is 0 Å². The second kappa shape index (κ2) is 8.96. The highest BCUT2D eigenvalue weighted by molar-refractivity contribution is 8.18. The Bertz CT molecular complexity index is 1370. The van der Waals surface area contributed by atoms with Crippen molar-refractivity contribution in [2.75, 3.05) is 13.1 Å². The highest BCUT2D eigenvalue weighted by Crippen LogP contribution is 2.36. The van der Waals surface area contributed by atoms with E-state index in [0.29, 0.717) is 16.5 Å². The molecule has 1 unspecified atom stereocenters. The molecule has 0 bridgehead atoms. The number of amides is 2. The predicted molar refractivity (Wildman–Crippen MR) is 125 cm³/mol. The van der Waals surface area contributed by atoms with Gasteiger partial charge >= 0.3 is 6.18 Å². The lowest BCUT2D eigenvalue weighted by molar-refractivity contribution is -0.138. The van der Waals surface area contributed by atoms with E-state index in [1.165, 1.54) is 29.1 Å². The van der Waals surface area contributed by atoms with Gasteiger partial charge in [-0.3, -0.25) is 19.2 Å². The molecule has 0 radical (unpaired) electrons. The smallest absolute Gasteiger partial charge is 0.312 e. The van der Waals surface area contributed by atoms with Crippen LogP contribution in [0.3, 0.4) is 0 Å². The first-order valence-corrected chi connectivity index (χ1v) is 11.7. The van der Waals surface area contributed by atoms with E-state index in [9.17, 15) is 27.2 Å². The van der Waals surface area contributed by atoms with E-state index in [0.717, 1.165) is 22.7 Å². The number of fused-ring (bicyclic) bond motifs is 1. The van der Waals surface area contributed by atoms with Gasteiger partial charge in [0.1, 0.15) is 6.17 Å². The SMILES string of the molecule is O=C1S/C(=C\c2ccc3c(cnn3Cc3ccc(Cl)cc3C(F)(F)F)c2)C(=O)N1C1CNC[C@@H]1F. The average Bonchev–Trinajstić information content (AvgIpc) is 3.46. The van der Waals surface area contributed by atoms with Gasteiger partial charge < -0.3 is 5.32 Å². The van der Waals surface area contributed by atoms with Crippen LogP contribution in [0, 0.1) is 0 Å². The summed E-state index contributed by atoms with van der Waals surface area (Å²) in [6.45, 7) is 0.182. The lowest BCUT2D eigenvalue weighted by Crippen LogP contribution is -2.44. The van der Waals surface area contributed by atoms with Crippen LogP contribution in [-0.2, 0) is 17.5 Å². The molecule has 0 aliphatic carbocycles. The van der Waals surface area contributed by atoms with Crippen LogP contribution >= 0.6 is 23.4 Å². The molecule has 1 aromatic heterocycles. The number of rotatable bonds is 4. The predicted octanol–water partition coefficient (Wildman–Crippen LogP) is 5.10. The number of imide groups is 1. The Morgan fingerprint density at radius 1 is 1.17 bits per heavy atom. The van der Waals surface area contributed by atoms with Crippen molar-refractivity contribution >= 4 is 51.5 Å². The third kappa shape index (κ3) is 4.55. The Hall–Kier alpha value is -2.89. The summed E-state index contributed by atoms with van der Waals surface area (Å²) in [5, 5.41) is 7.17. The Morgan fingerprint density at radius 2 is 1.97 bits per heavy atom. The minimum absolute atomic E-state index is 0.00770. The van der Waals surface area contributed by atoms with Crippen molar-refractivity contribution in [1.29, 1.82) is 0 Å². The standard InChI is InChI=1S/C23H17ClF4N4O2S/c24-15-3-2-13(16(7-15)23(26,27)28)11-31-18-4-1-12(5-14(18)8-30-31)6-20-21(33)32(22(34)35-20)19-10-29-9-17(19)25/h1-8,17,19,29H,9-11H2/b20-6-/t17-,19?/m0/s1. The first-order chi connectivity index (χ1) is 16.6. The second-order valence-corrected chi connectivity index (χ2v) is 9.64. The summed E-state index contributed by atoms with van der Waals surface area (Å²) < 4.78 is 55.9. The zero-order valence-corrected chi connectivity index (χ0v) is 19.4. The normalized spacial score (nSPS) is 22.2. The number of carbonyl (C=O) groups is 2. The Balaban J connectivity index is 1.41. The van der Waals surface area contributed by atoms with Gasteiger partial charge in [0, 0.05) is 23.5 Å². The summed E-state index contributed by atoms with van der Waals surface area (Å²) >= 11 is 6.51. The van der Waals surface area contributed by atoms with Gasteiger partial charge in [-0.05, 0) is 53.2 Å². The van der Waals surface area contributed by atoms with Crippen LogP contribution in [-0.4, -0.2) is 51.1 Å². The summed E-state index contributed by atoms with van der Waals surface area (Å²) in [5.41, 5.74) is 0.396. The lowest BCUT2D eigenvalue weighted by atomic mass is 10.1. The van der Waals surface area contributed by atoms with E-state index in [2.05, 4.69) is 10.4 Å². The van der Waals surface area contributed by atoms with E-state index < -0.39 is 35.1 Å². The first-order valence-electron chi connectivity index (χ1n) is 10.5. The lowest BCUT2D eigenvalue weighted by Gasteiger charge is -2.21. The highest BCUT2D eigenvalue weighted by atomic mass is 35.5. The Labute approximate surface area is 205 Å². The van der Waals surface area contributed by atoms with Crippen LogP contribution in [0.1, 0.15) is 16.7 Å². The number of nitrogens with zero attached hydrogens (tertiary/aromatic N) is 3. The molecule has 6 nitrogen and oxygen atoms in total. The molecule has 5 rings (SSSR count). The fourth-order valence-corrected chi connectivity index (χ4v) is 5.29. The summed E-state index contributed by atoms with van der Waals surface area (Å²) in [6, 6.07) is 7.86. The Kier molecular flexibility index (Phi) is 6.10. The van der Waals surface area contributed by atoms with Crippen molar-refractivity contribution in [3.8, 4) is 0 Å². The van der Waals surface area contributed by atoms with Gasteiger partial charge in [-0.1, -0.05) is 23.7 Å². The molecule has 0 spiro atoms. The summed E-state index contributed by atoms with van der Waals surface area (Å²) in [6.07, 6.45) is -2.82. The first kappa shape index (κ1) is 23.8. The van der Waals surface area contributed by atoms with Crippen molar-refractivity contribution in [2.45, 2.75) is 24.9 Å². The molecule has 1 N–H and O–H groups in total. The molecular weight excluding hydrogens is 508 g/mol. The van der Waals surface area contributed by atoms with Crippen LogP contribution < -0.4 is 5.32 Å². The number of carbonyl (C=O) groups excluding carboxylic acids is 2. The molecule has 35 heavy (non-hydrogen) atoms. The zero-order chi connectivity index (χ0) is 24.9. The molecule has 3 heterocycles. The molecule has 2 fully saturated rings. The molecular formula is C23H17ClF4N4O2S. The third-order valence-corrected chi connectivity index (χ3v) is 7.05. The second-order valence-electron chi connectivity index (χ2n) is 8.21. The van der Waals surface area contributed by atoms with Crippen LogP contribution in [0.4, 0.5) is 22.4 Å². The number of alkyl halides is 4.